The van der Waals surface area contributed by atoms with Gasteiger partial charge in [0.15, 0.2) is 0 Å². The lowest BCUT2D eigenvalue weighted by atomic mass is 9.94. The standard InChI is InChI=1S/C19H18N4OS.ClH/c24-17-11-15(12-6-8-20-9-7-12)23-19(21-17)18-13(16-5-2-10-25-16)3-1-4-14(18)22-23;/h1-5,10-12,20H,6-9H2,(H,21,24);1H. The molecule has 0 radical (unpaired) electrons. The van der Waals surface area contributed by atoms with Crippen LogP contribution in [-0.4, -0.2) is 27.7 Å². The molecular formula is C19H19ClN4OS. The highest BCUT2D eigenvalue weighted by atomic mass is 35.5. The minimum absolute atomic E-state index is 0. The van der Waals surface area contributed by atoms with Gasteiger partial charge in [-0.1, -0.05) is 18.2 Å². The summed E-state index contributed by atoms with van der Waals surface area (Å²) in [4.78, 5) is 16.6. The first-order valence-corrected chi connectivity index (χ1v) is 9.48. The van der Waals surface area contributed by atoms with Crippen LogP contribution in [0.25, 0.3) is 27.0 Å². The first-order chi connectivity index (χ1) is 12.3. The number of thiophene rings is 1. The van der Waals surface area contributed by atoms with Gasteiger partial charge >= 0.3 is 0 Å². The second-order valence-corrected chi connectivity index (χ2v) is 7.47. The molecule has 5 rings (SSSR count). The number of benzene rings is 1. The van der Waals surface area contributed by atoms with Crippen LogP contribution in [-0.2, 0) is 0 Å². The van der Waals surface area contributed by atoms with Crippen LogP contribution in [0.15, 0.2) is 46.6 Å². The minimum Gasteiger partial charge on any atom is -0.317 e. The van der Waals surface area contributed by atoms with E-state index in [1.807, 2.05) is 22.7 Å². The fourth-order valence-corrected chi connectivity index (χ4v) is 4.59. The first-order valence-electron chi connectivity index (χ1n) is 8.60. The minimum atomic E-state index is -0.0520. The van der Waals surface area contributed by atoms with Gasteiger partial charge in [0, 0.05) is 22.4 Å². The summed E-state index contributed by atoms with van der Waals surface area (Å²) in [6.07, 6.45) is 2.07. The van der Waals surface area contributed by atoms with E-state index in [1.165, 1.54) is 4.88 Å². The summed E-state index contributed by atoms with van der Waals surface area (Å²) in [7, 11) is 0. The molecule has 4 heterocycles. The SMILES string of the molecule is Cl.O=c1cc(C2CCNCC2)n2nc3cccc(-c4cccs4)c3c2[nH]1. The van der Waals surface area contributed by atoms with E-state index in [9.17, 15) is 4.79 Å². The maximum absolute atomic E-state index is 12.4. The summed E-state index contributed by atoms with van der Waals surface area (Å²) in [5.74, 6) is 0.366. The van der Waals surface area contributed by atoms with Crippen molar-refractivity contribution in [1.82, 2.24) is 19.9 Å². The van der Waals surface area contributed by atoms with E-state index in [0.29, 0.717) is 5.92 Å². The van der Waals surface area contributed by atoms with E-state index in [-0.39, 0.29) is 18.0 Å². The van der Waals surface area contributed by atoms with Crippen molar-refractivity contribution in [2.75, 3.05) is 13.1 Å². The topological polar surface area (TPSA) is 62.2 Å². The van der Waals surface area contributed by atoms with E-state index in [2.05, 4.69) is 27.8 Å². The lowest BCUT2D eigenvalue weighted by Crippen LogP contribution is -2.28. The molecule has 1 aliphatic rings. The molecule has 2 N–H and O–H groups in total. The number of halogens is 1. The molecule has 134 valence electrons. The van der Waals surface area contributed by atoms with Gasteiger partial charge in [-0.15, -0.1) is 23.7 Å². The van der Waals surface area contributed by atoms with Gasteiger partial charge in [-0.2, -0.15) is 5.10 Å². The lowest BCUT2D eigenvalue weighted by molar-refractivity contribution is 0.446. The maximum atomic E-state index is 12.4. The summed E-state index contributed by atoms with van der Waals surface area (Å²) in [6.45, 7) is 1.97. The van der Waals surface area contributed by atoms with E-state index < -0.39 is 0 Å². The van der Waals surface area contributed by atoms with Crippen molar-refractivity contribution in [3.05, 3.63) is 57.8 Å². The molecule has 0 unspecified atom stereocenters. The van der Waals surface area contributed by atoms with Gasteiger partial charge in [-0.3, -0.25) is 4.79 Å². The number of rotatable bonds is 2. The van der Waals surface area contributed by atoms with E-state index >= 15 is 0 Å². The van der Waals surface area contributed by atoms with Crippen molar-refractivity contribution in [2.24, 2.45) is 0 Å². The summed E-state index contributed by atoms with van der Waals surface area (Å²) in [5, 5.41) is 11.3. The van der Waals surface area contributed by atoms with E-state index in [0.717, 1.165) is 53.7 Å². The summed E-state index contributed by atoms with van der Waals surface area (Å²) in [6, 6.07) is 12.0. The Hall–Kier alpha value is -2.15. The highest BCUT2D eigenvalue weighted by molar-refractivity contribution is 7.13. The van der Waals surface area contributed by atoms with Crippen LogP contribution in [0.4, 0.5) is 0 Å². The van der Waals surface area contributed by atoms with Crippen LogP contribution in [0, 0.1) is 0 Å². The summed E-state index contributed by atoms with van der Waals surface area (Å²) >= 11 is 1.70. The highest BCUT2D eigenvalue weighted by Gasteiger charge is 2.21. The Morgan fingerprint density at radius 3 is 2.77 bits per heavy atom. The number of aromatic amines is 1. The quantitative estimate of drug-likeness (QED) is 0.551. The van der Waals surface area contributed by atoms with Crippen molar-refractivity contribution in [3.8, 4) is 10.4 Å². The Kier molecular flexibility index (Phi) is 4.56. The smallest absolute Gasteiger partial charge is 0.251 e. The van der Waals surface area contributed by atoms with Crippen LogP contribution in [0.1, 0.15) is 24.5 Å². The molecule has 3 aromatic heterocycles. The van der Waals surface area contributed by atoms with E-state index in [1.54, 1.807) is 17.4 Å². The Morgan fingerprint density at radius 1 is 1.15 bits per heavy atom. The van der Waals surface area contributed by atoms with Crippen LogP contribution >= 0.6 is 23.7 Å². The van der Waals surface area contributed by atoms with Crippen LogP contribution < -0.4 is 10.9 Å². The highest BCUT2D eigenvalue weighted by Crippen LogP contribution is 2.34. The molecule has 5 nitrogen and oxygen atoms in total. The van der Waals surface area contributed by atoms with Crippen molar-refractivity contribution < 1.29 is 0 Å². The zero-order valence-electron chi connectivity index (χ0n) is 14.1. The van der Waals surface area contributed by atoms with Gasteiger partial charge in [0.25, 0.3) is 5.56 Å². The van der Waals surface area contributed by atoms with Crippen molar-refractivity contribution >= 4 is 40.3 Å². The molecular weight excluding hydrogens is 368 g/mol. The third kappa shape index (κ3) is 2.74. The molecule has 0 aliphatic carbocycles. The fourth-order valence-electron chi connectivity index (χ4n) is 3.83. The number of hydrogen-bond acceptors (Lipinski definition) is 4. The Labute approximate surface area is 160 Å². The van der Waals surface area contributed by atoms with Gasteiger partial charge in [-0.25, -0.2) is 4.52 Å². The summed E-state index contributed by atoms with van der Waals surface area (Å²) in [5.41, 5.74) is 3.82. The average Bonchev–Trinajstić information content (AvgIpc) is 3.29. The Morgan fingerprint density at radius 2 is 2.00 bits per heavy atom. The van der Waals surface area contributed by atoms with Gasteiger partial charge in [0.1, 0.15) is 5.65 Å². The second kappa shape index (κ2) is 6.87. The number of aromatic nitrogens is 3. The number of piperidine rings is 1. The van der Waals surface area contributed by atoms with Crippen LogP contribution in [0.3, 0.4) is 0 Å². The molecule has 0 spiro atoms. The molecule has 1 saturated heterocycles. The third-order valence-electron chi connectivity index (χ3n) is 5.01. The largest absolute Gasteiger partial charge is 0.317 e. The molecule has 1 aromatic carbocycles. The monoisotopic (exact) mass is 386 g/mol. The van der Waals surface area contributed by atoms with Crippen LogP contribution in [0.5, 0.6) is 0 Å². The van der Waals surface area contributed by atoms with Crippen LogP contribution in [0.2, 0.25) is 0 Å². The number of hydrogen-bond donors (Lipinski definition) is 2. The number of fused-ring (bicyclic) bond motifs is 3. The number of H-pyrrole nitrogens is 1. The van der Waals surface area contributed by atoms with Gasteiger partial charge in [0.05, 0.1) is 16.6 Å². The third-order valence-corrected chi connectivity index (χ3v) is 5.91. The molecule has 0 amide bonds. The van der Waals surface area contributed by atoms with Crippen molar-refractivity contribution in [1.29, 1.82) is 0 Å². The average molecular weight is 387 g/mol. The Balaban J connectivity index is 0.00000168. The van der Waals surface area contributed by atoms with Gasteiger partial charge < -0.3 is 10.3 Å². The zero-order valence-corrected chi connectivity index (χ0v) is 15.7. The number of nitrogens with one attached hydrogen (secondary N) is 2. The molecule has 7 heteroatoms. The number of nitrogens with zero attached hydrogens (tertiary/aromatic N) is 2. The van der Waals surface area contributed by atoms with Crippen molar-refractivity contribution in [3.63, 3.8) is 0 Å². The van der Waals surface area contributed by atoms with Crippen molar-refractivity contribution in [2.45, 2.75) is 18.8 Å². The normalized spacial score (nSPS) is 15.4. The first kappa shape index (κ1) is 17.3. The molecule has 1 aliphatic heterocycles. The van der Waals surface area contributed by atoms with Gasteiger partial charge in [0.2, 0.25) is 0 Å². The Bertz CT molecular complexity index is 1110. The van der Waals surface area contributed by atoms with Gasteiger partial charge in [-0.05, 0) is 43.4 Å². The molecule has 1 fully saturated rings. The summed E-state index contributed by atoms with van der Waals surface area (Å²) < 4.78 is 1.96. The predicted molar refractivity (Wildman–Crippen MR) is 109 cm³/mol. The molecule has 26 heavy (non-hydrogen) atoms. The molecule has 0 saturated carbocycles. The molecule has 0 bridgehead atoms. The second-order valence-electron chi connectivity index (χ2n) is 6.52. The molecule has 0 atom stereocenters. The van der Waals surface area contributed by atoms with E-state index in [4.69, 9.17) is 5.10 Å². The lowest BCUT2D eigenvalue weighted by Gasteiger charge is -2.23. The zero-order chi connectivity index (χ0) is 16.8. The fraction of sp³-hybridized carbons (Fsp3) is 0.263. The predicted octanol–water partition coefficient (Wildman–Crippen LogP) is 3.79. The molecule has 4 aromatic rings. The maximum Gasteiger partial charge on any atom is 0.251 e.